The summed E-state index contributed by atoms with van der Waals surface area (Å²) in [5.41, 5.74) is 1.93. The average Bonchev–Trinajstić information content (AvgIpc) is 3.27. The van der Waals surface area contributed by atoms with Crippen LogP contribution in [-0.4, -0.2) is 44.6 Å². The van der Waals surface area contributed by atoms with Crippen LogP contribution in [0.1, 0.15) is 46.2 Å². The SMILES string of the molecule is CC(C)(C)OC(=O)N1CCC(C)(c2nccnc2Oc2ccc(Nc3nc4ccccc4s3)cc2)CC1. The van der Waals surface area contributed by atoms with E-state index in [-0.39, 0.29) is 11.5 Å². The number of thiazole rings is 1. The molecule has 5 rings (SSSR count). The number of nitrogens with one attached hydrogen (secondary N) is 1. The smallest absolute Gasteiger partial charge is 0.410 e. The summed E-state index contributed by atoms with van der Waals surface area (Å²) in [5, 5.41) is 4.21. The molecule has 9 heteroatoms. The minimum atomic E-state index is -0.511. The summed E-state index contributed by atoms with van der Waals surface area (Å²) >= 11 is 1.62. The monoisotopic (exact) mass is 517 g/mol. The van der Waals surface area contributed by atoms with Crippen LogP contribution in [0.2, 0.25) is 0 Å². The number of piperidine rings is 1. The second kappa shape index (κ2) is 9.97. The van der Waals surface area contributed by atoms with E-state index >= 15 is 0 Å². The number of rotatable bonds is 5. The fourth-order valence-electron chi connectivity index (χ4n) is 4.33. The zero-order valence-electron chi connectivity index (χ0n) is 21.5. The van der Waals surface area contributed by atoms with E-state index in [2.05, 4.69) is 33.3 Å². The molecular weight excluding hydrogens is 486 g/mol. The van der Waals surface area contributed by atoms with Gasteiger partial charge in [0.2, 0.25) is 5.88 Å². The molecule has 2 aromatic heterocycles. The van der Waals surface area contributed by atoms with Crippen molar-refractivity contribution in [3.63, 3.8) is 0 Å². The maximum absolute atomic E-state index is 12.5. The maximum Gasteiger partial charge on any atom is 0.410 e. The fraction of sp³-hybridized carbons (Fsp3) is 0.357. The van der Waals surface area contributed by atoms with E-state index < -0.39 is 5.60 Å². The third-order valence-corrected chi connectivity index (χ3v) is 7.32. The fourth-order valence-corrected chi connectivity index (χ4v) is 5.21. The van der Waals surface area contributed by atoms with Gasteiger partial charge in [0, 0.05) is 36.6 Å². The molecule has 1 amide bonds. The Labute approximate surface area is 220 Å². The van der Waals surface area contributed by atoms with Crippen LogP contribution < -0.4 is 10.1 Å². The van der Waals surface area contributed by atoms with Crippen LogP contribution >= 0.6 is 11.3 Å². The molecule has 0 aliphatic carbocycles. The highest BCUT2D eigenvalue weighted by Gasteiger charge is 2.38. The molecule has 0 saturated carbocycles. The number of fused-ring (bicyclic) bond motifs is 1. The number of likely N-dealkylation sites (tertiary alicyclic amines) is 1. The second-order valence-corrected chi connectivity index (χ2v) is 11.5. The molecule has 1 aliphatic heterocycles. The van der Waals surface area contributed by atoms with Gasteiger partial charge in [-0.15, -0.1) is 0 Å². The van der Waals surface area contributed by atoms with Crippen LogP contribution in [-0.2, 0) is 10.2 Å². The number of para-hydroxylation sites is 1. The number of anilines is 2. The Morgan fingerprint density at radius 1 is 1.03 bits per heavy atom. The molecule has 1 N–H and O–H groups in total. The molecular formula is C28H31N5O3S. The van der Waals surface area contributed by atoms with Gasteiger partial charge in [0.25, 0.3) is 0 Å². The molecule has 1 saturated heterocycles. The van der Waals surface area contributed by atoms with E-state index in [1.54, 1.807) is 28.6 Å². The molecule has 0 radical (unpaired) electrons. The van der Waals surface area contributed by atoms with Gasteiger partial charge < -0.3 is 19.7 Å². The average molecular weight is 518 g/mol. The zero-order valence-corrected chi connectivity index (χ0v) is 22.3. The first-order valence-corrected chi connectivity index (χ1v) is 13.2. The largest absolute Gasteiger partial charge is 0.444 e. The minimum Gasteiger partial charge on any atom is -0.444 e. The molecule has 1 aliphatic rings. The highest BCUT2D eigenvalue weighted by molar-refractivity contribution is 7.22. The number of carbonyl (C=O) groups is 1. The number of nitrogens with zero attached hydrogens (tertiary/aromatic N) is 4. The topological polar surface area (TPSA) is 89.5 Å². The standard InChI is InChI=1S/C28H31N5O3S/c1-27(2,3)36-26(34)33-17-13-28(4,14-18-33)23-24(30-16-15-29-23)35-20-11-9-19(10-12-20)31-25-32-21-7-5-6-8-22(21)37-25/h5-12,15-16H,13-14,17-18H2,1-4H3,(H,31,32). The van der Waals surface area contributed by atoms with E-state index in [0.29, 0.717) is 24.7 Å². The van der Waals surface area contributed by atoms with Crippen LogP contribution in [0, 0.1) is 0 Å². The van der Waals surface area contributed by atoms with Crippen LogP contribution in [0.15, 0.2) is 60.9 Å². The third kappa shape index (κ3) is 5.83. The van der Waals surface area contributed by atoms with Crippen molar-refractivity contribution in [2.24, 2.45) is 0 Å². The molecule has 8 nitrogen and oxygen atoms in total. The van der Waals surface area contributed by atoms with Crippen molar-refractivity contribution in [1.29, 1.82) is 0 Å². The van der Waals surface area contributed by atoms with Crippen LogP contribution in [0.5, 0.6) is 11.6 Å². The highest BCUT2D eigenvalue weighted by Crippen LogP contribution is 2.39. The van der Waals surface area contributed by atoms with Gasteiger partial charge in [-0.25, -0.2) is 14.8 Å². The Balaban J connectivity index is 1.26. The first-order chi connectivity index (χ1) is 17.7. The number of hydrogen-bond acceptors (Lipinski definition) is 8. The summed E-state index contributed by atoms with van der Waals surface area (Å²) in [6.07, 6.45) is 4.54. The number of aromatic nitrogens is 3. The summed E-state index contributed by atoms with van der Waals surface area (Å²) in [4.78, 5) is 28.0. The van der Waals surface area contributed by atoms with Crippen molar-refractivity contribution in [2.45, 2.75) is 51.6 Å². The number of amides is 1. The van der Waals surface area contributed by atoms with Gasteiger partial charge in [-0.2, -0.15) is 0 Å². The molecule has 37 heavy (non-hydrogen) atoms. The molecule has 3 heterocycles. The molecule has 0 spiro atoms. The number of benzene rings is 2. The summed E-state index contributed by atoms with van der Waals surface area (Å²) in [7, 11) is 0. The first-order valence-electron chi connectivity index (χ1n) is 12.4. The van der Waals surface area contributed by atoms with Crippen molar-refractivity contribution >= 4 is 38.5 Å². The lowest BCUT2D eigenvalue weighted by molar-refractivity contribution is 0.0169. The van der Waals surface area contributed by atoms with Crippen LogP contribution in [0.3, 0.4) is 0 Å². The molecule has 0 bridgehead atoms. The Bertz CT molecular complexity index is 1360. The van der Waals surface area contributed by atoms with Gasteiger partial charge in [-0.3, -0.25) is 4.98 Å². The molecule has 192 valence electrons. The molecule has 0 atom stereocenters. The Morgan fingerprint density at radius 2 is 1.73 bits per heavy atom. The molecule has 0 unspecified atom stereocenters. The Hall–Kier alpha value is -3.72. The van der Waals surface area contributed by atoms with Gasteiger partial charge >= 0.3 is 6.09 Å². The lowest BCUT2D eigenvalue weighted by Crippen LogP contribution is -2.46. The van der Waals surface area contributed by atoms with Gasteiger partial charge in [-0.05, 0) is 70.0 Å². The quantitative estimate of drug-likeness (QED) is 0.308. The maximum atomic E-state index is 12.5. The van der Waals surface area contributed by atoms with Crippen LogP contribution in [0.4, 0.5) is 15.6 Å². The molecule has 4 aromatic rings. The van der Waals surface area contributed by atoms with E-state index in [4.69, 9.17) is 9.47 Å². The number of ether oxygens (including phenoxy) is 2. The van der Waals surface area contributed by atoms with Gasteiger partial charge in [-0.1, -0.05) is 30.4 Å². The summed E-state index contributed by atoms with van der Waals surface area (Å²) < 4.78 is 12.9. The van der Waals surface area contributed by atoms with E-state index in [1.807, 2.05) is 63.2 Å². The number of carbonyl (C=O) groups excluding carboxylic acids is 1. The van der Waals surface area contributed by atoms with E-state index in [1.165, 1.54) is 0 Å². The highest BCUT2D eigenvalue weighted by atomic mass is 32.1. The van der Waals surface area contributed by atoms with Crippen LogP contribution in [0.25, 0.3) is 10.2 Å². The van der Waals surface area contributed by atoms with Gasteiger partial charge in [0.15, 0.2) is 5.13 Å². The predicted molar refractivity (Wildman–Crippen MR) is 146 cm³/mol. The van der Waals surface area contributed by atoms with Crippen molar-refractivity contribution in [2.75, 3.05) is 18.4 Å². The second-order valence-electron chi connectivity index (χ2n) is 10.5. The number of hydrogen-bond donors (Lipinski definition) is 1. The normalized spacial score (nSPS) is 15.4. The summed E-state index contributed by atoms with van der Waals surface area (Å²) in [5.74, 6) is 1.16. The lowest BCUT2D eigenvalue weighted by atomic mass is 9.77. The Morgan fingerprint density at radius 3 is 2.43 bits per heavy atom. The minimum absolute atomic E-state index is 0.267. The van der Waals surface area contributed by atoms with E-state index in [9.17, 15) is 4.79 Å². The third-order valence-electron chi connectivity index (χ3n) is 6.37. The predicted octanol–water partition coefficient (Wildman–Crippen LogP) is 6.91. The van der Waals surface area contributed by atoms with Crippen molar-refractivity contribution in [1.82, 2.24) is 19.9 Å². The first kappa shape index (κ1) is 25.0. The van der Waals surface area contributed by atoms with Crippen molar-refractivity contribution < 1.29 is 14.3 Å². The van der Waals surface area contributed by atoms with Gasteiger partial charge in [0.05, 0.1) is 10.2 Å². The molecule has 2 aromatic carbocycles. The summed E-state index contributed by atoms with van der Waals surface area (Å²) in [6, 6.07) is 15.8. The lowest BCUT2D eigenvalue weighted by Gasteiger charge is -2.39. The van der Waals surface area contributed by atoms with Gasteiger partial charge in [0.1, 0.15) is 17.0 Å². The summed E-state index contributed by atoms with van der Waals surface area (Å²) in [6.45, 7) is 8.98. The van der Waals surface area contributed by atoms with E-state index in [0.717, 1.165) is 39.6 Å². The zero-order chi connectivity index (χ0) is 26.0. The molecule has 1 fully saturated rings. The Kier molecular flexibility index (Phi) is 6.72. The van der Waals surface area contributed by atoms with Crippen molar-refractivity contribution in [3.05, 3.63) is 66.6 Å². The van der Waals surface area contributed by atoms with Crippen molar-refractivity contribution in [3.8, 4) is 11.6 Å².